The second-order valence-corrected chi connectivity index (χ2v) is 5.69. The molecule has 1 N–H and O–H groups in total. The first-order valence-corrected chi connectivity index (χ1v) is 6.32. The van der Waals surface area contributed by atoms with E-state index in [1.54, 1.807) is 0 Å². The summed E-state index contributed by atoms with van der Waals surface area (Å²) >= 11 is 0. The van der Waals surface area contributed by atoms with Gasteiger partial charge in [0.05, 0.1) is 11.4 Å². The third-order valence-corrected chi connectivity index (χ3v) is 3.08. The maximum atomic E-state index is 4.33. The fourth-order valence-corrected chi connectivity index (χ4v) is 1.94. The standard InChI is InChI=1S/C13H22N4/c1-13(2,3)12-5-4-11(15-16-12)10-17-8-6-14-7-9-17/h4-5,14H,6-10H2,1-3H3. The molecule has 0 amide bonds. The molecule has 17 heavy (non-hydrogen) atoms. The monoisotopic (exact) mass is 234 g/mol. The quantitative estimate of drug-likeness (QED) is 0.834. The van der Waals surface area contributed by atoms with Gasteiger partial charge in [-0.25, -0.2) is 0 Å². The Hall–Kier alpha value is -1.00. The van der Waals surface area contributed by atoms with Gasteiger partial charge in [0.2, 0.25) is 0 Å². The zero-order chi connectivity index (χ0) is 12.3. The van der Waals surface area contributed by atoms with Gasteiger partial charge in [0.25, 0.3) is 0 Å². The Balaban J connectivity index is 1.98. The summed E-state index contributed by atoms with van der Waals surface area (Å²) in [6.07, 6.45) is 0. The molecule has 0 unspecified atom stereocenters. The SMILES string of the molecule is CC(C)(C)c1ccc(CN2CCNCC2)nn1. The molecule has 0 aromatic carbocycles. The largest absolute Gasteiger partial charge is 0.314 e. The minimum atomic E-state index is 0.0839. The van der Waals surface area contributed by atoms with Crippen molar-refractivity contribution < 1.29 is 0 Å². The first-order chi connectivity index (χ1) is 8.05. The van der Waals surface area contributed by atoms with Crippen LogP contribution in [0.15, 0.2) is 12.1 Å². The lowest BCUT2D eigenvalue weighted by Crippen LogP contribution is -2.43. The van der Waals surface area contributed by atoms with Crippen LogP contribution in [-0.2, 0) is 12.0 Å². The Labute approximate surface area is 103 Å². The van der Waals surface area contributed by atoms with Crippen LogP contribution in [0.5, 0.6) is 0 Å². The van der Waals surface area contributed by atoms with Crippen LogP contribution in [0.2, 0.25) is 0 Å². The van der Waals surface area contributed by atoms with E-state index in [0.717, 1.165) is 44.1 Å². The molecule has 4 nitrogen and oxygen atoms in total. The lowest BCUT2D eigenvalue weighted by molar-refractivity contribution is 0.230. The van der Waals surface area contributed by atoms with Crippen LogP contribution in [-0.4, -0.2) is 41.3 Å². The smallest absolute Gasteiger partial charge is 0.0771 e. The molecule has 0 saturated carbocycles. The number of hydrogen-bond acceptors (Lipinski definition) is 4. The molecule has 0 bridgehead atoms. The lowest BCUT2D eigenvalue weighted by Gasteiger charge is -2.26. The molecule has 1 aliphatic rings. The van der Waals surface area contributed by atoms with Crippen molar-refractivity contribution in [2.24, 2.45) is 0 Å². The van der Waals surface area contributed by atoms with Gasteiger partial charge in [0.15, 0.2) is 0 Å². The first-order valence-electron chi connectivity index (χ1n) is 6.32. The lowest BCUT2D eigenvalue weighted by atomic mass is 9.92. The Morgan fingerprint density at radius 1 is 1.18 bits per heavy atom. The summed E-state index contributed by atoms with van der Waals surface area (Å²) in [6.45, 7) is 11.7. The molecule has 1 aromatic heterocycles. The number of nitrogens with zero attached hydrogens (tertiary/aromatic N) is 3. The van der Waals surface area contributed by atoms with Crippen LogP contribution >= 0.6 is 0 Å². The fraction of sp³-hybridized carbons (Fsp3) is 0.692. The zero-order valence-corrected chi connectivity index (χ0v) is 11.0. The average molecular weight is 234 g/mol. The van der Waals surface area contributed by atoms with E-state index < -0.39 is 0 Å². The van der Waals surface area contributed by atoms with E-state index in [0.29, 0.717) is 0 Å². The van der Waals surface area contributed by atoms with Crippen LogP contribution < -0.4 is 5.32 Å². The van der Waals surface area contributed by atoms with Crippen LogP contribution in [0.3, 0.4) is 0 Å². The second kappa shape index (κ2) is 5.10. The molecule has 0 radical (unpaired) electrons. The first kappa shape index (κ1) is 12.5. The molecule has 1 fully saturated rings. The molecule has 1 saturated heterocycles. The fourth-order valence-electron chi connectivity index (χ4n) is 1.94. The molecular weight excluding hydrogens is 212 g/mol. The van der Waals surface area contributed by atoms with Gasteiger partial charge in [-0.3, -0.25) is 4.90 Å². The van der Waals surface area contributed by atoms with Gasteiger partial charge >= 0.3 is 0 Å². The molecular formula is C13H22N4. The predicted molar refractivity (Wildman–Crippen MR) is 68.9 cm³/mol. The minimum Gasteiger partial charge on any atom is -0.314 e. The van der Waals surface area contributed by atoms with Crippen molar-refractivity contribution in [2.75, 3.05) is 26.2 Å². The summed E-state index contributed by atoms with van der Waals surface area (Å²) in [4.78, 5) is 2.41. The topological polar surface area (TPSA) is 41.0 Å². The Kier molecular flexibility index (Phi) is 3.74. The molecule has 1 aromatic rings. The summed E-state index contributed by atoms with van der Waals surface area (Å²) in [6, 6.07) is 4.21. The van der Waals surface area contributed by atoms with Crippen LogP contribution in [0.25, 0.3) is 0 Å². The maximum Gasteiger partial charge on any atom is 0.0771 e. The highest BCUT2D eigenvalue weighted by Gasteiger charge is 2.16. The molecule has 2 heterocycles. The molecule has 0 aliphatic carbocycles. The van der Waals surface area contributed by atoms with Crippen LogP contribution in [0.4, 0.5) is 0 Å². The number of piperazine rings is 1. The zero-order valence-electron chi connectivity index (χ0n) is 11.0. The summed E-state index contributed by atoms with van der Waals surface area (Å²) < 4.78 is 0. The Morgan fingerprint density at radius 3 is 2.41 bits per heavy atom. The van der Waals surface area contributed by atoms with Gasteiger partial charge in [-0.2, -0.15) is 10.2 Å². The normalized spacial score (nSPS) is 18.3. The van der Waals surface area contributed by atoms with Gasteiger partial charge in [-0.05, 0) is 12.1 Å². The highest BCUT2D eigenvalue weighted by Crippen LogP contribution is 2.18. The van der Waals surface area contributed by atoms with Gasteiger partial charge < -0.3 is 5.32 Å². The van der Waals surface area contributed by atoms with Crippen LogP contribution in [0.1, 0.15) is 32.2 Å². The third-order valence-electron chi connectivity index (χ3n) is 3.08. The summed E-state index contributed by atoms with van der Waals surface area (Å²) in [5, 5.41) is 12.0. The highest BCUT2D eigenvalue weighted by atomic mass is 15.2. The van der Waals surface area contributed by atoms with Gasteiger partial charge in [0.1, 0.15) is 0 Å². The molecule has 4 heteroatoms. The number of aromatic nitrogens is 2. The molecule has 94 valence electrons. The van der Waals surface area contributed by atoms with Gasteiger partial charge in [0, 0.05) is 38.1 Å². The van der Waals surface area contributed by atoms with Crippen molar-refractivity contribution in [3.05, 3.63) is 23.5 Å². The van der Waals surface area contributed by atoms with E-state index in [1.165, 1.54) is 0 Å². The molecule has 1 aliphatic heterocycles. The Morgan fingerprint density at radius 2 is 1.88 bits per heavy atom. The summed E-state index contributed by atoms with van der Waals surface area (Å²) in [5.41, 5.74) is 2.21. The van der Waals surface area contributed by atoms with Crippen molar-refractivity contribution in [2.45, 2.75) is 32.7 Å². The van der Waals surface area contributed by atoms with E-state index >= 15 is 0 Å². The van der Waals surface area contributed by atoms with Crippen molar-refractivity contribution in [1.29, 1.82) is 0 Å². The van der Waals surface area contributed by atoms with Crippen molar-refractivity contribution in [3.8, 4) is 0 Å². The number of hydrogen-bond donors (Lipinski definition) is 1. The third kappa shape index (κ3) is 3.48. The second-order valence-electron chi connectivity index (χ2n) is 5.69. The molecule has 0 atom stereocenters. The van der Waals surface area contributed by atoms with E-state index in [4.69, 9.17) is 0 Å². The molecule has 0 spiro atoms. The predicted octanol–water partition coefficient (Wildman–Crippen LogP) is 1.18. The van der Waals surface area contributed by atoms with E-state index in [1.807, 2.05) is 0 Å². The van der Waals surface area contributed by atoms with Crippen molar-refractivity contribution in [3.63, 3.8) is 0 Å². The summed E-state index contributed by atoms with van der Waals surface area (Å²) in [7, 11) is 0. The summed E-state index contributed by atoms with van der Waals surface area (Å²) in [5.74, 6) is 0. The Bertz CT molecular complexity index is 347. The number of nitrogens with one attached hydrogen (secondary N) is 1. The van der Waals surface area contributed by atoms with E-state index in [2.05, 4.69) is 53.3 Å². The van der Waals surface area contributed by atoms with Crippen LogP contribution in [0, 0.1) is 0 Å². The molecule has 2 rings (SSSR count). The average Bonchev–Trinajstić information content (AvgIpc) is 2.30. The van der Waals surface area contributed by atoms with E-state index in [9.17, 15) is 0 Å². The maximum absolute atomic E-state index is 4.33. The van der Waals surface area contributed by atoms with Gasteiger partial charge in [-0.15, -0.1) is 0 Å². The highest BCUT2D eigenvalue weighted by molar-refractivity contribution is 5.14. The van der Waals surface area contributed by atoms with Gasteiger partial charge in [-0.1, -0.05) is 20.8 Å². The van der Waals surface area contributed by atoms with E-state index in [-0.39, 0.29) is 5.41 Å². The minimum absolute atomic E-state index is 0.0839. The van der Waals surface area contributed by atoms with Crippen molar-refractivity contribution in [1.82, 2.24) is 20.4 Å². The number of rotatable bonds is 2. The van der Waals surface area contributed by atoms with Crippen molar-refractivity contribution >= 4 is 0 Å².